The summed E-state index contributed by atoms with van der Waals surface area (Å²) >= 11 is 0. The number of anilines is 3. The molecule has 0 bridgehead atoms. The molecule has 3 aliphatic carbocycles. The molecule has 206 valence electrons. The first-order chi connectivity index (χ1) is 20.8. The van der Waals surface area contributed by atoms with Crippen LogP contribution in [-0.4, -0.2) is 0 Å². The zero-order chi connectivity index (χ0) is 28.1. The molecule has 0 aromatic heterocycles. The lowest BCUT2D eigenvalue weighted by Crippen LogP contribution is -2.15. The van der Waals surface area contributed by atoms with Gasteiger partial charge in [0.2, 0.25) is 0 Å². The monoisotopic (exact) mass is 544 g/mol. The van der Waals surface area contributed by atoms with Crippen LogP contribution in [0.25, 0.3) is 22.3 Å². The number of hydrogen-bond donors (Lipinski definition) is 2. The molecule has 0 amide bonds. The van der Waals surface area contributed by atoms with Crippen LogP contribution in [0, 0.1) is 5.92 Å². The molecule has 0 saturated heterocycles. The highest BCUT2D eigenvalue weighted by Gasteiger charge is 2.21. The maximum Gasteiger partial charge on any atom is 0.0484 e. The second kappa shape index (κ2) is 12.0. The minimum Gasteiger partial charge on any atom is -0.359 e. The summed E-state index contributed by atoms with van der Waals surface area (Å²) in [6, 6.07) is 35.1. The summed E-state index contributed by atoms with van der Waals surface area (Å²) in [6.07, 6.45) is 22.4. The van der Waals surface area contributed by atoms with Gasteiger partial charge >= 0.3 is 0 Å². The summed E-state index contributed by atoms with van der Waals surface area (Å²) in [5.41, 5.74) is 12.3. The molecular formula is C40H36N2. The van der Waals surface area contributed by atoms with Gasteiger partial charge in [-0.05, 0) is 83.8 Å². The Kier molecular flexibility index (Phi) is 7.43. The van der Waals surface area contributed by atoms with Gasteiger partial charge in [-0.1, -0.05) is 115 Å². The average Bonchev–Trinajstić information content (AvgIpc) is 3.06. The molecule has 2 heteroatoms. The van der Waals surface area contributed by atoms with Crippen LogP contribution in [0.3, 0.4) is 0 Å². The SMILES string of the molecule is C1=CC[C@@H](c2cccc(-c3cccc(-c4ccc(NC5=C6C=CC=CC6CCC5)cc4Nc4ccccc4)c3)c2)C=C1. The van der Waals surface area contributed by atoms with Gasteiger partial charge in [-0.15, -0.1) is 0 Å². The summed E-state index contributed by atoms with van der Waals surface area (Å²) in [4.78, 5) is 0. The molecule has 4 aromatic carbocycles. The molecule has 2 N–H and O–H groups in total. The Morgan fingerprint density at radius 2 is 1.40 bits per heavy atom. The summed E-state index contributed by atoms with van der Waals surface area (Å²) in [7, 11) is 0. The topological polar surface area (TPSA) is 24.1 Å². The van der Waals surface area contributed by atoms with E-state index < -0.39 is 0 Å². The Labute approximate surface area is 249 Å². The highest BCUT2D eigenvalue weighted by atomic mass is 14.9. The Bertz CT molecular complexity index is 1730. The van der Waals surface area contributed by atoms with Crippen molar-refractivity contribution in [1.29, 1.82) is 0 Å². The standard InChI is InChI=1S/C40H36N2/c1-3-12-29(13-4-1)31-16-9-17-32(26-31)33-18-10-19-34(27-33)38-25-24-36(28-40(38)41-35-20-5-2-6-21-35)42-39-23-11-15-30-14-7-8-22-37(30)39/h1-10,12,14,16-22,24-30,41-42H,11,13,15,23H2/t29-,30?/m0/s1. The van der Waals surface area contributed by atoms with Gasteiger partial charge in [-0.3, -0.25) is 0 Å². The largest absolute Gasteiger partial charge is 0.359 e. The van der Waals surface area contributed by atoms with Crippen molar-refractivity contribution < 1.29 is 0 Å². The smallest absolute Gasteiger partial charge is 0.0484 e. The van der Waals surface area contributed by atoms with E-state index in [2.05, 4.69) is 156 Å². The van der Waals surface area contributed by atoms with E-state index >= 15 is 0 Å². The molecule has 0 heterocycles. The number of benzene rings is 4. The van der Waals surface area contributed by atoms with Crippen molar-refractivity contribution >= 4 is 17.1 Å². The van der Waals surface area contributed by atoms with Crippen molar-refractivity contribution in [3.63, 3.8) is 0 Å². The number of hydrogen-bond acceptors (Lipinski definition) is 2. The van der Waals surface area contributed by atoms with Crippen LogP contribution >= 0.6 is 0 Å². The third-order valence-electron chi connectivity index (χ3n) is 8.59. The van der Waals surface area contributed by atoms with Gasteiger partial charge in [0.15, 0.2) is 0 Å². The van der Waals surface area contributed by atoms with Crippen molar-refractivity contribution in [2.75, 3.05) is 10.6 Å². The second-order valence-corrected chi connectivity index (χ2v) is 11.4. The quantitative estimate of drug-likeness (QED) is 0.242. The maximum absolute atomic E-state index is 3.80. The van der Waals surface area contributed by atoms with Crippen molar-refractivity contribution in [3.8, 4) is 22.3 Å². The van der Waals surface area contributed by atoms with Crippen LogP contribution in [-0.2, 0) is 0 Å². The van der Waals surface area contributed by atoms with Gasteiger partial charge < -0.3 is 10.6 Å². The zero-order valence-corrected chi connectivity index (χ0v) is 23.8. The summed E-state index contributed by atoms with van der Waals surface area (Å²) in [6.45, 7) is 0. The van der Waals surface area contributed by atoms with Crippen LogP contribution in [0.2, 0.25) is 0 Å². The van der Waals surface area contributed by atoms with Crippen molar-refractivity contribution in [2.45, 2.75) is 31.6 Å². The maximum atomic E-state index is 3.80. The third kappa shape index (κ3) is 5.66. The predicted octanol–water partition coefficient (Wildman–Crippen LogP) is 11.0. The molecule has 0 saturated carbocycles. The average molecular weight is 545 g/mol. The summed E-state index contributed by atoms with van der Waals surface area (Å²) < 4.78 is 0. The molecule has 42 heavy (non-hydrogen) atoms. The van der Waals surface area contributed by atoms with E-state index in [1.165, 1.54) is 51.9 Å². The van der Waals surface area contributed by atoms with Gasteiger partial charge in [0.05, 0.1) is 0 Å². The molecule has 2 atom stereocenters. The molecule has 0 fully saturated rings. The lowest BCUT2D eigenvalue weighted by molar-refractivity contribution is 0.588. The lowest BCUT2D eigenvalue weighted by atomic mass is 9.83. The van der Waals surface area contributed by atoms with Crippen LogP contribution in [0.1, 0.15) is 37.2 Å². The van der Waals surface area contributed by atoms with Crippen LogP contribution in [0.5, 0.6) is 0 Å². The van der Waals surface area contributed by atoms with E-state index in [4.69, 9.17) is 0 Å². The molecule has 3 aliphatic rings. The van der Waals surface area contributed by atoms with E-state index in [9.17, 15) is 0 Å². The van der Waals surface area contributed by atoms with Crippen LogP contribution < -0.4 is 10.6 Å². The number of para-hydroxylation sites is 1. The van der Waals surface area contributed by atoms with Crippen molar-refractivity contribution in [2.24, 2.45) is 5.92 Å². The van der Waals surface area contributed by atoms with Crippen molar-refractivity contribution in [1.82, 2.24) is 0 Å². The fraction of sp³-hybridized carbons (Fsp3) is 0.150. The van der Waals surface area contributed by atoms with Gasteiger partial charge in [-0.25, -0.2) is 0 Å². The van der Waals surface area contributed by atoms with E-state index in [-0.39, 0.29) is 0 Å². The highest BCUT2D eigenvalue weighted by Crippen LogP contribution is 2.38. The highest BCUT2D eigenvalue weighted by molar-refractivity contribution is 5.86. The van der Waals surface area contributed by atoms with E-state index in [1.54, 1.807) is 0 Å². The first kappa shape index (κ1) is 26.1. The Morgan fingerprint density at radius 1 is 0.595 bits per heavy atom. The molecule has 7 rings (SSSR count). The molecule has 4 aromatic rings. The third-order valence-corrected chi connectivity index (χ3v) is 8.59. The minimum atomic E-state index is 0.440. The fourth-order valence-corrected chi connectivity index (χ4v) is 6.41. The van der Waals surface area contributed by atoms with Crippen LogP contribution in [0.15, 0.2) is 157 Å². The fourth-order valence-electron chi connectivity index (χ4n) is 6.41. The van der Waals surface area contributed by atoms with Gasteiger partial charge in [0.25, 0.3) is 0 Å². The van der Waals surface area contributed by atoms with E-state index in [0.717, 1.165) is 29.9 Å². The first-order valence-electron chi connectivity index (χ1n) is 15.2. The molecule has 0 spiro atoms. The van der Waals surface area contributed by atoms with Gasteiger partial charge in [0, 0.05) is 40.2 Å². The second-order valence-electron chi connectivity index (χ2n) is 11.4. The number of nitrogens with one attached hydrogen (secondary N) is 2. The Hall–Kier alpha value is -4.82. The normalized spacial score (nSPS) is 19.0. The molecule has 0 aliphatic heterocycles. The summed E-state index contributed by atoms with van der Waals surface area (Å²) in [5, 5.41) is 7.52. The minimum absolute atomic E-state index is 0.440. The Balaban J connectivity index is 1.23. The lowest BCUT2D eigenvalue weighted by Gasteiger charge is -2.27. The van der Waals surface area contributed by atoms with Crippen LogP contribution in [0.4, 0.5) is 17.1 Å². The van der Waals surface area contributed by atoms with Gasteiger partial charge in [0.1, 0.15) is 0 Å². The van der Waals surface area contributed by atoms with Gasteiger partial charge in [-0.2, -0.15) is 0 Å². The van der Waals surface area contributed by atoms with Crippen molar-refractivity contribution in [3.05, 3.63) is 163 Å². The molecule has 1 unspecified atom stereocenters. The van der Waals surface area contributed by atoms with E-state index in [0.29, 0.717) is 11.8 Å². The molecular weight excluding hydrogens is 508 g/mol. The first-order valence-corrected chi connectivity index (χ1v) is 15.2. The molecule has 0 radical (unpaired) electrons. The number of fused-ring (bicyclic) bond motifs is 1. The van der Waals surface area contributed by atoms with E-state index in [1.807, 2.05) is 0 Å². The number of allylic oxidation sites excluding steroid dienone is 10. The Morgan fingerprint density at radius 3 is 2.29 bits per heavy atom. The summed E-state index contributed by atoms with van der Waals surface area (Å²) in [5.74, 6) is 0.967. The predicted molar refractivity (Wildman–Crippen MR) is 179 cm³/mol. The molecule has 2 nitrogen and oxygen atoms in total. The zero-order valence-electron chi connectivity index (χ0n) is 23.8. The number of rotatable bonds is 7.